The highest BCUT2D eigenvalue weighted by Crippen LogP contribution is 2.11. The van der Waals surface area contributed by atoms with Gasteiger partial charge in [-0.25, -0.2) is 4.98 Å². The Morgan fingerprint density at radius 1 is 1.90 bits per heavy atom. The smallest absolute Gasteiger partial charge is 0.204 e. The Morgan fingerprint density at radius 3 is 3.00 bits per heavy atom. The fraction of sp³-hybridized carbons (Fsp3) is 0.200. The van der Waals surface area contributed by atoms with E-state index in [1.54, 1.807) is 0 Å². The molecule has 0 saturated heterocycles. The van der Waals surface area contributed by atoms with Crippen molar-refractivity contribution in [3.8, 4) is 0 Å². The maximum absolute atomic E-state index is 8.22. The van der Waals surface area contributed by atoms with Crippen molar-refractivity contribution in [3.63, 3.8) is 0 Å². The molecular weight excluding hydrogens is 172 g/mol. The van der Waals surface area contributed by atoms with Gasteiger partial charge in [0.15, 0.2) is 5.01 Å². The number of oxime groups is 1. The van der Waals surface area contributed by atoms with Gasteiger partial charge in [0.2, 0.25) is 5.17 Å². The fourth-order valence-corrected chi connectivity index (χ4v) is 1.34. The second kappa shape index (κ2) is 2.98. The third-order valence-electron chi connectivity index (χ3n) is 0.883. The lowest BCUT2D eigenvalue weighted by Crippen LogP contribution is -1.88. The minimum Gasteiger partial charge on any atom is -0.410 e. The van der Waals surface area contributed by atoms with E-state index in [2.05, 4.69) is 10.1 Å². The molecule has 0 atom stereocenters. The average Bonchev–Trinajstić information content (AvgIpc) is 2.34. The highest BCUT2D eigenvalue weighted by molar-refractivity contribution is 7.13. The molecule has 5 heteroatoms. The van der Waals surface area contributed by atoms with E-state index < -0.39 is 0 Å². The number of nitrogens with zero attached hydrogens (tertiary/aromatic N) is 2. The number of hydrogen-bond acceptors (Lipinski definition) is 4. The van der Waals surface area contributed by atoms with Crippen LogP contribution in [0.3, 0.4) is 0 Å². The van der Waals surface area contributed by atoms with Crippen LogP contribution in [0.5, 0.6) is 0 Å². The number of thiazole rings is 1. The third-order valence-corrected chi connectivity index (χ3v) is 2.22. The highest BCUT2D eigenvalue weighted by atomic mass is 35.5. The van der Waals surface area contributed by atoms with E-state index >= 15 is 0 Å². The zero-order valence-electron chi connectivity index (χ0n) is 5.21. The molecule has 0 aliphatic heterocycles. The number of hydrogen-bond donors (Lipinski definition) is 1. The van der Waals surface area contributed by atoms with E-state index in [0.717, 1.165) is 5.69 Å². The van der Waals surface area contributed by atoms with Gasteiger partial charge >= 0.3 is 0 Å². The van der Waals surface area contributed by atoms with E-state index in [1.807, 2.05) is 12.3 Å². The summed E-state index contributed by atoms with van der Waals surface area (Å²) in [5.41, 5.74) is 0.877. The summed E-state index contributed by atoms with van der Waals surface area (Å²) < 4.78 is 0. The first-order valence-corrected chi connectivity index (χ1v) is 3.80. The molecule has 0 radical (unpaired) electrons. The van der Waals surface area contributed by atoms with Crippen molar-refractivity contribution in [1.29, 1.82) is 0 Å². The van der Waals surface area contributed by atoms with Crippen LogP contribution < -0.4 is 0 Å². The second-order valence-corrected chi connectivity index (χ2v) is 2.90. The Bertz CT molecular complexity index is 258. The molecule has 0 spiro atoms. The van der Waals surface area contributed by atoms with Crippen LogP contribution in [0.1, 0.15) is 10.7 Å². The number of aryl methyl sites for hydroxylation is 1. The molecular formula is C5H5ClN2OS. The summed E-state index contributed by atoms with van der Waals surface area (Å²) in [5, 5.41) is 13.4. The molecule has 0 aromatic carbocycles. The van der Waals surface area contributed by atoms with Gasteiger partial charge in [-0.2, -0.15) is 0 Å². The van der Waals surface area contributed by atoms with Gasteiger partial charge in [-0.1, -0.05) is 16.8 Å². The quantitative estimate of drug-likeness (QED) is 0.403. The topological polar surface area (TPSA) is 45.5 Å². The summed E-state index contributed by atoms with van der Waals surface area (Å²) in [4.78, 5) is 3.98. The van der Waals surface area contributed by atoms with Crippen LogP contribution in [0, 0.1) is 6.92 Å². The van der Waals surface area contributed by atoms with Crippen LogP contribution in [-0.2, 0) is 0 Å². The first-order valence-electron chi connectivity index (χ1n) is 2.54. The maximum Gasteiger partial charge on any atom is 0.204 e. The van der Waals surface area contributed by atoms with Crippen molar-refractivity contribution in [1.82, 2.24) is 4.98 Å². The summed E-state index contributed by atoms with van der Waals surface area (Å²) in [5.74, 6) is 0. The Morgan fingerprint density at radius 2 is 2.60 bits per heavy atom. The number of rotatable bonds is 1. The van der Waals surface area contributed by atoms with Gasteiger partial charge in [0, 0.05) is 11.1 Å². The van der Waals surface area contributed by atoms with Gasteiger partial charge in [-0.3, -0.25) is 0 Å². The summed E-state index contributed by atoms with van der Waals surface area (Å²) in [6.45, 7) is 1.85. The van der Waals surface area contributed by atoms with E-state index in [-0.39, 0.29) is 5.17 Å². The van der Waals surface area contributed by atoms with Gasteiger partial charge in [0.25, 0.3) is 0 Å². The first kappa shape index (κ1) is 7.50. The standard InChI is InChI=1S/C5H5ClN2OS/c1-3-2-10-5(7-3)4(6)8-9/h2,9H,1H3. The Hall–Kier alpha value is -0.610. The molecule has 1 rings (SSSR count). The van der Waals surface area contributed by atoms with Gasteiger partial charge in [-0.05, 0) is 6.92 Å². The predicted molar refractivity (Wildman–Crippen MR) is 41.0 cm³/mol. The van der Waals surface area contributed by atoms with Crippen molar-refractivity contribution in [3.05, 3.63) is 16.1 Å². The number of aromatic nitrogens is 1. The minimum atomic E-state index is 0.0399. The lowest BCUT2D eigenvalue weighted by atomic mass is 10.6. The highest BCUT2D eigenvalue weighted by Gasteiger charge is 2.03. The molecule has 1 N–H and O–H groups in total. The normalized spacial score (nSPS) is 12.0. The Balaban J connectivity index is 2.95. The van der Waals surface area contributed by atoms with Gasteiger partial charge < -0.3 is 5.21 Å². The average molecular weight is 177 g/mol. The summed E-state index contributed by atoms with van der Waals surface area (Å²) in [7, 11) is 0. The molecule has 3 nitrogen and oxygen atoms in total. The molecule has 1 aromatic heterocycles. The van der Waals surface area contributed by atoms with E-state index in [9.17, 15) is 0 Å². The molecule has 10 heavy (non-hydrogen) atoms. The van der Waals surface area contributed by atoms with Gasteiger partial charge in [-0.15, -0.1) is 11.3 Å². The molecule has 0 bridgehead atoms. The Labute approximate surface area is 67.0 Å². The molecule has 0 fully saturated rings. The van der Waals surface area contributed by atoms with Crippen molar-refractivity contribution in [2.45, 2.75) is 6.92 Å². The van der Waals surface area contributed by atoms with Gasteiger partial charge in [0.05, 0.1) is 0 Å². The number of halogens is 1. The lowest BCUT2D eigenvalue weighted by molar-refractivity contribution is 0.321. The molecule has 0 aliphatic carbocycles. The van der Waals surface area contributed by atoms with Crippen LogP contribution in [0.2, 0.25) is 0 Å². The molecule has 0 unspecified atom stereocenters. The minimum absolute atomic E-state index is 0.0399. The van der Waals surface area contributed by atoms with Crippen LogP contribution in [0.25, 0.3) is 0 Å². The zero-order chi connectivity index (χ0) is 7.56. The summed E-state index contributed by atoms with van der Waals surface area (Å²) in [6.07, 6.45) is 0. The van der Waals surface area contributed by atoms with E-state index in [4.69, 9.17) is 16.8 Å². The monoisotopic (exact) mass is 176 g/mol. The van der Waals surface area contributed by atoms with Crippen molar-refractivity contribution in [2.24, 2.45) is 5.16 Å². The van der Waals surface area contributed by atoms with Crippen LogP contribution in [0.15, 0.2) is 10.5 Å². The molecule has 1 heterocycles. The third kappa shape index (κ3) is 1.46. The molecule has 54 valence electrons. The molecule has 0 amide bonds. The SMILES string of the molecule is Cc1csc(C(Cl)=NO)n1. The Kier molecular flexibility index (Phi) is 2.24. The van der Waals surface area contributed by atoms with Crippen molar-refractivity contribution in [2.75, 3.05) is 0 Å². The second-order valence-electron chi connectivity index (χ2n) is 1.68. The summed E-state index contributed by atoms with van der Waals surface area (Å²) >= 11 is 6.80. The maximum atomic E-state index is 8.22. The zero-order valence-corrected chi connectivity index (χ0v) is 6.78. The van der Waals surface area contributed by atoms with Crippen LogP contribution >= 0.6 is 22.9 Å². The van der Waals surface area contributed by atoms with Gasteiger partial charge in [0.1, 0.15) is 0 Å². The first-order chi connectivity index (χ1) is 4.74. The fourth-order valence-electron chi connectivity index (χ4n) is 0.491. The lowest BCUT2D eigenvalue weighted by Gasteiger charge is -1.83. The molecule has 0 saturated carbocycles. The van der Waals surface area contributed by atoms with Crippen LogP contribution in [-0.4, -0.2) is 15.4 Å². The molecule has 1 aromatic rings. The predicted octanol–water partition coefficient (Wildman–Crippen LogP) is 1.83. The van der Waals surface area contributed by atoms with E-state index in [1.165, 1.54) is 11.3 Å². The van der Waals surface area contributed by atoms with Crippen molar-refractivity contribution < 1.29 is 5.21 Å². The van der Waals surface area contributed by atoms with Crippen molar-refractivity contribution >= 4 is 28.1 Å². The summed E-state index contributed by atoms with van der Waals surface area (Å²) in [6, 6.07) is 0. The molecule has 0 aliphatic rings. The van der Waals surface area contributed by atoms with E-state index in [0.29, 0.717) is 5.01 Å². The largest absolute Gasteiger partial charge is 0.410 e. The van der Waals surface area contributed by atoms with Crippen LogP contribution in [0.4, 0.5) is 0 Å².